The first kappa shape index (κ1) is 19.3. The Balaban J connectivity index is 1.59. The van der Waals surface area contributed by atoms with E-state index in [1.165, 1.54) is 23.4 Å². The predicted molar refractivity (Wildman–Crippen MR) is 106 cm³/mol. The topological polar surface area (TPSA) is 105 Å². The highest BCUT2D eigenvalue weighted by Gasteiger charge is 2.39. The number of anilines is 1. The van der Waals surface area contributed by atoms with Crippen molar-refractivity contribution in [2.45, 2.75) is 30.7 Å². The van der Waals surface area contributed by atoms with Crippen molar-refractivity contribution in [2.75, 3.05) is 11.9 Å². The fourth-order valence-corrected chi connectivity index (χ4v) is 5.05. The van der Waals surface area contributed by atoms with Crippen molar-refractivity contribution in [3.05, 3.63) is 60.5 Å². The van der Waals surface area contributed by atoms with Crippen molar-refractivity contribution in [3.63, 3.8) is 0 Å². The molecule has 1 N–H and O–H groups in total. The molecule has 150 valence electrons. The lowest BCUT2D eigenvalue weighted by Crippen LogP contribution is -2.30. The molecule has 1 atom stereocenters. The van der Waals surface area contributed by atoms with Crippen molar-refractivity contribution in [2.24, 2.45) is 0 Å². The van der Waals surface area contributed by atoms with Crippen LogP contribution in [0, 0.1) is 0 Å². The van der Waals surface area contributed by atoms with Gasteiger partial charge >= 0.3 is 0 Å². The van der Waals surface area contributed by atoms with Crippen LogP contribution in [0.2, 0.25) is 0 Å². The quantitative estimate of drug-likeness (QED) is 0.690. The Hall–Kier alpha value is -3.04. The maximum Gasteiger partial charge on any atom is 0.245 e. The Morgan fingerprint density at radius 2 is 1.86 bits per heavy atom. The monoisotopic (exact) mass is 412 g/mol. The van der Waals surface area contributed by atoms with Gasteiger partial charge in [-0.25, -0.2) is 8.42 Å². The Labute approximate surface area is 168 Å². The average molecular weight is 412 g/mol. The number of hydrogen-bond donors (Lipinski definition) is 1. The zero-order chi connectivity index (χ0) is 20.4. The summed E-state index contributed by atoms with van der Waals surface area (Å²) in [5.41, 5.74) is 1.35. The predicted octanol–water partition coefficient (Wildman–Crippen LogP) is 3.22. The van der Waals surface area contributed by atoms with E-state index in [2.05, 4.69) is 15.5 Å². The number of aromatic nitrogens is 2. The summed E-state index contributed by atoms with van der Waals surface area (Å²) in [6, 6.07) is 15.0. The first-order valence-electron chi connectivity index (χ1n) is 9.24. The molecule has 0 aliphatic carbocycles. The number of sulfonamides is 1. The standard InChI is InChI=1S/C20H20N4O4S/c1-14(25)21-16-9-11-17(12-10-16)29(26,27)24-13-5-8-18(24)20-22-19(23-28-20)15-6-3-2-4-7-15/h2-4,6-7,9-12,18H,5,8,13H2,1H3,(H,21,25). The number of nitrogens with zero attached hydrogens (tertiary/aromatic N) is 3. The second kappa shape index (κ2) is 7.76. The fraction of sp³-hybridized carbons (Fsp3) is 0.250. The van der Waals surface area contributed by atoms with Gasteiger partial charge in [-0.15, -0.1) is 0 Å². The molecule has 0 radical (unpaired) electrons. The van der Waals surface area contributed by atoms with E-state index in [4.69, 9.17) is 4.52 Å². The van der Waals surface area contributed by atoms with Gasteiger partial charge in [0.15, 0.2) is 0 Å². The maximum absolute atomic E-state index is 13.2. The van der Waals surface area contributed by atoms with Crippen molar-refractivity contribution in [3.8, 4) is 11.4 Å². The number of rotatable bonds is 5. The molecular formula is C20H20N4O4S. The van der Waals surface area contributed by atoms with Gasteiger partial charge in [0.05, 0.1) is 4.90 Å². The van der Waals surface area contributed by atoms with E-state index >= 15 is 0 Å². The van der Waals surface area contributed by atoms with Gasteiger partial charge < -0.3 is 9.84 Å². The zero-order valence-corrected chi connectivity index (χ0v) is 16.6. The number of amides is 1. The summed E-state index contributed by atoms with van der Waals surface area (Å²) in [5.74, 6) is 0.509. The molecule has 0 bridgehead atoms. The van der Waals surface area contributed by atoms with Gasteiger partial charge in [-0.05, 0) is 37.1 Å². The molecule has 1 saturated heterocycles. The fourth-order valence-electron chi connectivity index (χ4n) is 3.40. The summed E-state index contributed by atoms with van der Waals surface area (Å²) in [7, 11) is -3.74. The van der Waals surface area contributed by atoms with Crippen molar-refractivity contribution >= 4 is 21.6 Å². The van der Waals surface area contributed by atoms with E-state index in [1.807, 2.05) is 30.3 Å². The van der Waals surface area contributed by atoms with E-state index in [-0.39, 0.29) is 10.8 Å². The lowest BCUT2D eigenvalue weighted by Gasteiger charge is -2.21. The first-order chi connectivity index (χ1) is 13.9. The zero-order valence-electron chi connectivity index (χ0n) is 15.8. The highest BCUT2D eigenvalue weighted by molar-refractivity contribution is 7.89. The molecule has 1 aliphatic rings. The van der Waals surface area contributed by atoms with Gasteiger partial charge in [0.2, 0.25) is 27.6 Å². The van der Waals surface area contributed by atoms with Crippen LogP contribution in [0.25, 0.3) is 11.4 Å². The van der Waals surface area contributed by atoms with Gasteiger partial charge in [-0.3, -0.25) is 4.79 Å². The summed E-state index contributed by atoms with van der Waals surface area (Å²) in [5, 5.41) is 6.64. The molecule has 4 rings (SSSR count). The number of nitrogens with one attached hydrogen (secondary N) is 1. The lowest BCUT2D eigenvalue weighted by molar-refractivity contribution is -0.114. The molecule has 1 aromatic heterocycles. The number of benzene rings is 2. The number of hydrogen-bond acceptors (Lipinski definition) is 6. The third kappa shape index (κ3) is 3.92. The smallest absolute Gasteiger partial charge is 0.245 e. The Morgan fingerprint density at radius 1 is 1.14 bits per heavy atom. The van der Waals surface area contributed by atoms with Gasteiger partial charge in [0.25, 0.3) is 0 Å². The van der Waals surface area contributed by atoms with Gasteiger partial charge in [-0.1, -0.05) is 35.5 Å². The van der Waals surface area contributed by atoms with Crippen LogP contribution in [0.15, 0.2) is 64.0 Å². The second-order valence-electron chi connectivity index (χ2n) is 6.80. The van der Waals surface area contributed by atoms with E-state index in [0.29, 0.717) is 36.8 Å². The van der Waals surface area contributed by atoms with Crippen LogP contribution in [-0.4, -0.2) is 35.3 Å². The van der Waals surface area contributed by atoms with E-state index < -0.39 is 16.1 Å². The molecule has 2 heterocycles. The average Bonchev–Trinajstić information content (AvgIpc) is 3.38. The molecule has 1 fully saturated rings. The summed E-state index contributed by atoms with van der Waals surface area (Å²) >= 11 is 0. The van der Waals surface area contributed by atoms with Crippen LogP contribution < -0.4 is 5.32 Å². The Bertz CT molecular complexity index is 1110. The highest BCUT2D eigenvalue weighted by atomic mass is 32.2. The molecule has 1 unspecified atom stereocenters. The summed E-state index contributed by atoms with van der Waals surface area (Å²) in [4.78, 5) is 15.7. The summed E-state index contributed by atoms with van der Waals surface area (Å²) < 4.78 is 33.2. The molecule has 1 aliphatic heterocycles. The summed E-state index contributed by atoms with van der Waals surface area (Å²) in [6.45, 7) is 1.77. The minimum Gasteiger partial charge on any atom is -0.337 e. The van der Waals surface area contributed by atoms with Gasteiger partial charge in [0, 0.05) is 24.7 Å². The minimum absolute atomic E-state index is 0.154. The largest absolute Gasteiger partial charge is 0.337 e. The molecule has 0 spiro atoms. The van der Waals surface area contributed by atoms with Crippen molar-refractivity contribution < 1.29 is 17.7 Å². The molecule has 2 aromatic carbocycles. The Morgan fingerprint density at radius 3 is 2.55 bits per heavy atom. The highest BCUT2D eigenvalue weighted by Crippen LogP contribution is 2.36. The van der Waals surface area contributed by atoms with E-state index in [0.717, 1.165) is 5.56 Å². The van der Waals surface area contributed by atoms with Gasteiger partial charge in [0.1, 0.15) is 6.04 Å². The normalized spacial score (nSPS) is 17.3. The molecule has 9 heteroatoms. The summed E-state index contributed by atoms with van der Waals surface area (Å²) in [6.07, 6.45) is 1.32. The SMILES string of the molecule is CC(=O)Nc1ccc(S(=O)(=O)N2CCCC2c2nc(-c3ccccc3)no2)cc1. The van der Waals surface area contributed by atoms with Crippen LogP contribution in [0.5, 0.6) is 0 Å². The third-order valence-corrected chi connectivity index (χ3v) is 6.67. The maximum atomic E-state index is 13.2. The van der Waals surface area contributed by atoms with Gasteiger partial charge in [-0.2, -0.15) is 9.29 Å². The van der Waals surface area contributed by atoms with Crippen molar-refractivity contribution in [1.29, 1.82) is 0 Å². The van der Waals surface area contributed by atoms with Crippen LogP contribution in [0.3, 0.4) is 0 Å². The number of carbonyl (C=O) groups is 1. The molecule has 8 nitrogen and oxygen atoms in total. The minimum atomic E-state index is -3.74. The molecule has 29 heavy (non-hydrogen) atoms. The third-order valence-electron chi connectivity index (χ3n) is 4.74. The molecule has 1 amide bonds. The van der Waals surface area contributed by atoms with E-state index in [9.17, 15) is 13.2 Å². The van der Waals surface area contributed by atoms with Crippen LogP contribution in [0.1, 0.15) is 31.7 Å². The lowest BCUT2D eigenvalue weighted by atomic mass is 10.2. The van der Waals surface area contributed by atoms with E-state index in [1.54, 1.807) is 12.1 Å². The first-order valence-corrected chi connectivity index (χ1v) is 10.7. The van der Waals surface area contributed by atoms with Crippen LogP contribution in [0.4, 0.5) is 5.69 Å². The van der Waals surface area contributed by atoms with Crippen LogP contribution in [-0.2, 0) is 14.8 Å². The molecule has 0 saturated carbocycles. The molecular weight excluding hydrogens is 392 g/mol. The van der Waals surface area contributed by atoms with Crippen LogP contribution >= 0.6 is 0 Å². The van der Waals surface area contributed by atoms with Crippen molar-refractivity contribution in [1.82, 2.24) is 14.4 Å². The Kier molecular flexibility index (Phi) is 5.16. The molecule has 3 aromatic rings. The number of carbonyl (C=O) groups excluding carboxylic acids is 1. The second-order valence-corrected chi connectivity index (χ2v) is 8.69.